The van der Waals surface area contributed by atoms with Crippen molar-refractivity contribution < 1.29 is 18.3 Å². The lowest BCUT2D eigenvalue weighted by Crippen LogP contribution is -2.46. The standard InChI is InChI=1S/C21H24N4O4S/c1-16-3-6-18(7-4-16)30(28,29)23-20-8-5-17(15-19(20)21(26)27)25-13-11-24(12-14-25)10-2-9-22/h3-8,15,23H,2,10-14H2,1H3,(H,26,27). The number of benzene rings is 2. The van der Waals surface area contributed by atoms with Crippen LogP contribution in [0.2, 0.25) is 0 Å². The summed E-state index contributed by atoms with van der Waals surface area (Å²) in [5.41, 5.74) is 1.58. The molecule has 0 saturated carbocycles. The first-order valence-corrected chi connectivity index (χ1v) is 11.1. The maximum atomic E-state index is 12.7. The number of carboxylic acids is 1. The van der Waals surface area contributed by atoms with Crippen LogP contribution in [0.1, 0.15) is 22.3 Å². The number of hydrogen-bond acceptors (Lipinski definition) is 6. The largest absolute Gasteiger partial charge is 0.478 e. The molecule has 2 aromatic carbocycles. The number of aromatic carboxylic acids is 1. The molecule has 0 spiro atoms. The van der Waals surface area contributed by atoms with E-state index in [4.69, 9.17) is 5.26 Å². The lowest BCUT2D eigenvalue weighted by molar-refractivity contribution is 0.0698. The number of hydrogen-bond donors (Lipinski definition) is 2. The van der Waals surface area contributed by atoms with E-state index in [2.05, 4.69) is 20.6 Å². The zero-order valence-corrected chi connectivity index (χ0v) is 17.5. The van der Waals surface area contributed by atoms with E-state index < -0.39 is 16.0 Å². The number of nitriles is 1. The molecule has 0 aliphatic carbocycles. The number of nitrogens with one attached hydrogen (secondary N) is 1. The molecule has 0 aromatic heterocycles. The van der Waals surface area contributed by atoms with Crippen LogP contribution in [0, 0.1) is 18.3 Å². The molecule has 1 aliphatic heterocycles. The Kier molecular flexibility index (Phi) is 6.59. The van der Waals surface area contributed by atoms with Crippen LogP contribution in [0.25, 0.3) is 0 Å². The lowest BCUT2D eigenvalue weighted by Gasteiger charge is -2.36. The minimum Gasteiger partial charge on any atom is -0.478 e. The average molecular weight is 429 g/mol. The minimum absolute atomic E-state index is 0.0273. The van der Waals surface area contributed by atoms with Crippen LogP contribution >= 0.6 is 0 Å². The predicted molar refractivity (Wildman–Crippen MR) is 114 cm³/mol. The van der Waals surface area contributed by atoms with Crippen molar-refractivity contribution in [2.24, 2.45) is 0 Å². The van der Waals surface area contributed by atoms with E-state index in [1.807, 2.05) is 6.92 Å². The summed E-state index contributed by atoms with van der Waals surface area (Å²) in [5, 5.41) is 18.3. The van der Waals surface area contributed by atoms with Crippen LogP contribution < -0.4 is 9.62 Å². The molecule has 158 valence electrons. The molecule has 1 aliphatic rings. The number of carboxylic acid groups (broad SMARTS) is 1. The van der Waals surface area contributed by atoms with Crippen molar-refractivity contribution >= 4 is 27.4 Å². The minimum atomic E-state index is -3.90. The topological polar surface area (TPSA) is 114 Å². The van der Waals surface area contributed by atoms with Gasteiger partial charge in [0.25, 0.3) is 10.0 Å². The second kappa shape index (κ2) is 9.15. The van der Waals surface area contributed by atoms with Gasteiger partial charge >= 0.3 is 5.97 Å². The molecule has 0 unspecified atom stereocenters. The number of piperazine rings is 1. The zero-order chi connectivity index (χ0) is 21.7. The highest BCUT2D eigenvalue weighted by Crippen LogP contribution is 2.27. The summed E-state index contributed by atoms with van der Waals surface area (Å²) >= 11 is 0. The molecule has 2 aromatic rings. The van der Waals surface area contributed by atoms with E-state index in [9.17, 15) is 18.3 Å². The van der Waals surface area contributed by atoms with Gasteiger partial charge in [-0.15, -0.1) is 0 Å². The van der Waals surface area contributed by atoms with Crippen LogP contribution in [-0.2, 0) is 10.0 Å². The van der Waals surface area contributed by atoms with Crippen molar-refractivity contribution in [3.63, 3.8) is 0 Å². The smallest absolute Gasteiger partial charge is 0.337 e. The van der Waals surface area contributed by atoms with E-state index in [0.717, 1.165) is 30.9 Å². The van der Waals surface area contributed by atoms with Gasteiger partial charge in [0.1, 0.15) is 0 Å². The Morgan fingerprint density at radius 3 is 2.40 bits per heavy atom. The van der Waals surface area contributed by atoms with E-state index in [1.165, 1.54) is 24.3 Å². The monoisotopic (exact) mass is 428 g/mol. The Hall–Kier alpha value is -3.09. The Morgan fingerprint density at radius 1 is 1.13 bits per heavy atom. The van der Waals surface area contributed by atoms with Gasteiger partial charge < -0.3 is 10.0 Å². The SMILES string of the molecule is Cc1ccc(S(=O)(=O)Nc2ccc(N3CCN(CCC#N)CC3)cc2C(=O)O)cc1. The van der Waals surface area contributed by atoms with Crippen molar-refractivity contribution in [2.45, 2.75) is 18.2 Å². The predicted octanol–water partition coefficient (Wildman–Crippen LogP) is 2.53. The first-order valence-electron chi connectivity index (χ1n) is 9.61. The van der Waals surface area contributed by atoms with Crippen molar-refractivity contribution in [1.29, 1.82) is 5.26 Å². The fourth-order valence-corrected chi connectivity index (χ4v) is 4.43. The molecule has 3 rings (SSSR count). The molecule has 1 saturated heterocycles. The van der Waals surface area contributed by atoms with Gasteiger partial charge in [-0.3, -0.25) is 9.62 Å². The number of nitrogens with zero attached hydrogens (tertiary/aromatic N) is 3. The number of anilines is 2. The average Bonchev–Trinajstić information content (AvgIpc) is 2.73. The van der Waals surface area contributed by atoms with Gasteiger partial charge in [0, 0.05) is 44.8 Å². The maximum Gasteiger partial charge on any atom is 0.337 e. The van der Waals surface area contributed by atoms with Crippen molar-refractivity contribution in [3.8, 4) is 6.07 Å². The Morgan fingerprint density at radius 2 is 1.80 bits per heavy atom. The second-order valence-electron chi connectivity index (χ2n) is 7.19. The van der Waals surface area contributed by atoms with Crippen molar-refractivity contribution in [1.82, 2.24) is 4.90 Å². The van der Waals surface area contributed by atoms with Crippen molar-refractivity contribution in [2.75, 3.05) is 42.3 Å². The van der Waals surface area contributed by atoms with Gasteiger partial charge in [-0.25, -0.2) is 13.2 Å². The quantitative estimate of drug-likeness (QED) is 0.696. The van der Waals surface area contributed by atoms with Crippen LogP contribution in [-0.4, -0.2) is 57.1 Å². The van der Waals surface area contributed by atoms with Gasteiger partial charge in [0.05, 0.1) is 22.2 Å². The summed E-state index contributed by atoms with van der Waals surface area (Å²) in [4.78, 5) is 16.1. The first kappa shape index (κ1) is 21.6. The number of carbonyl (C=O) groups is 1. The van der Waals surface area contributed by atoms with Crippen LogP contribution in [0.3, 0.4) is 0 Å². The van der Waals surface area contributed by atoms with Gasteiger partial charge in [0.15, 0.2) is 0 Å². The van der Waals surface area contributed by atoms with Crippen molar-refractivity contribution in [3.05, 3.63) is 53.6 Å². The molecule has 30 heavy (non-hydrogen) atoms. The third kappa shape index (κ3) is 5.09. The molecule has 2 N–H and O–H groups in total. The van der Waals surface area contributed by atoms with Gasteiger partial charge in [0.2, 0.25) is 0 Å². The Labute approximate surface area is 176 Å². The normalized spacial score (nSPS) is 14.9. The molecule has 0 radical (unpaired) electrons. The first-order chi connectivity index (χ1) is 14.3. The fraction of sp³-hybridized carbons (Fsp3) is 0.333. The summed E-state index contributed by atoms with van der Waals surface area (Å²) in [6.45, 7) is 5.56. The Balaban J connectivity index is 1.78. The third-order valence-corrected chi connectivity index (χ3v) is 6.47. The fourth-order valence-electron chi connectivity index (χ4n) is 3.35. The molecular weight excluding hydrogens is 404 g/mol. The van der Waals surface area contributed by atoms with E-state index in [1.54, 1.807) is 18.2 Å². The number of sulfonamides is 1. The second-order valence-corrected chi connectivity index (χ2v) is 8.87. The van der Waals surface area contributed by atoms with Crippen LogP contribution in [0.15, 0.2) is 47.4 Å². The number of aryl methyl sites for hydroxylation is 1. The summed E-state index contributed by atoms with van der Waals surface area (Å²) < 4.78 is 27.7. The highest BCUT2D eigenvalue weighted by atomic mass is 32.2. The molecular formula is C21H24N4O4S. The summed E-state index contributed by atoms with van der Waals surface area (Å²) in [6, 6.07) is 13.2. The van der Waals surface area contributed by atoms with Crippen LogP contribution in [0.4, 0.5) is 11.4 Å². The molecule has 0 amide bonds. The summed E-state index contributed by atoms with van der Waals surface area (Å²) in [6.07, 6.45) is 0.485. The molecule has 8 nitrogen and oxygen atoms in total. The molecule has 0 atom stereocenters. The lowest BCUT2D eigenvalue weighted by atomic mass is 10.1. The zero-order valence-electron chi connectivity index (χ0n) is 16.7. The van der Waals surface area contributed by atoms with Gasteiger partial charge in [-0.2, -0.15) is 5.26 Å². The summed E-state index contributed by atoms with van der Waals surface area (Å²) in [7, 11) is -3.90. The molecule has 1 fully saturated rings. The van der Waals surface area contributed by atoms with Gasteiger partial charge in [-0.05, 0) is 37.3 Å². The Bertz CT molecular complexity index is 1050. The van der Waals surface area contributed by atoms with E-state index >= 15 is 0 Å². The third-order valence-electron chi connectivity index (χ3n) is 5.09. The number of rotatable bonds is 7. The molecule has 9 heteroatoms. The highest BCUT2D eigenvalue weighted by Gasteiger charge is 2.22. The van der Waals surface area contributed by atoms with Crippen LogP contribution in [0.5, 0.6) is 0 Å². The molecule has 0 bridgehead atoms. The summed E-state index contributed by atoms with van der Waals surface area (Å²) in [5.74, 6) is -1.20. The molecule has 1 heterocycles. The highest BCUT2D eigenvalue weighted by molar-refractivity contribution is 7.92. The van der Waals surface area contributed by atoms with Gasteiger partial charge in [-0.1, -0.05) is 17.7 Å². The maximum absolute atomic E-state index is 12.7. The van der Waals surface area contributed by atoms with E-state index in [-0.39, 0.29) is 16.1 Å². The van der Waals surface area contributed by atoms with E-state index in [0.29, 0.717) is 19.5 Å².